The van der Waals surface area contributed by atoms with E-state index >= 15 is 0 Å². The summed E-state index contributed by atoms with van der Waals surface area (Å²) in [5.74, 6) is -0.0328. The summed E-state index contributed by atoms with van der Waals surface area (Å²) in [6, 6.07) is 13.5. The molecular formula is C25H27ClN4O2S. The van der Waals surface area contributed by atoms with Gasteiger partial charge in [-0.05, 0) is 44.0 Å². The second-order valence-electron chi connectivity index (χ2n) is 8.33. The number of rotatable bonds is 5. The van der Waals surface area contributed by atoms with E-state index in [0.29, 0.717) is 42.6 Å². The Labute approximate surface area is 203 Å². The Hall–Kier alpha value is -2.74. The molecule has 8 heteroatoms. The fraction of sp³-hybridized carbons (Fsp3) is 0.320. The van der Waals surface area contributed by atoms with E-state index in [0.717, 1.165) is 33.1 Å². The summed E-state index contributed by atoms with van der Waals surface area (Å²) < 4.78 is 0. The van der Waals surface area contributed by atoms with Gasteiger partial charge in [-0.3, -0.25) is 14.5 Å². The molecule has 2 heterocycles. The molecule has 33 heavy (non-hydrogen) atoms. The van der Waals surface area contributed by atoms with E-state index in [4.69, 9.17) is 11.6 Å². The van der Waals surface area contributed by atoms with E-state index in [-0.39, 0.29) is 11.8 Å². The number of piperazine rings is 1. The maximum atomic E-state index is 13.1. The van der Waals surface area contributed by atoms with Crippen LogP contribution < -0.4 is 5.32 Å². The van der Waals surface area contributed by atoms with Crippen LogP contribution in [-0.2, 0) is 4.79 Å². The fourth-order valence-corrected chi connectivity index (χ4v) is 5.21. The van der Waals surface area contributed by atoms with Crippen LogP contribution in [-0.4, -0.2) is 59.3 Å². The van der Waals surface area contributed by atoms with E-state index in [1.165, 1.54) is 11.3 Å². The molecule has 1 aliphatic rings. The minimum atomic E-state index is -0.0309. The number of aryl methyl sites for hydroxylation is 3. The van der Waals surface area contributed by atoms with Gasteiger partial charge in [0.25, 0.3) is 5.91 Å². The van der Waals surface area contributed by atoms with Crippen molar-refractivity contribution in [2.75, 3.05) is 38.0 Å². The first-order valence-corrected chi connectivity index (χ1v) is 12.1. The number of amides is 2. The first-order valence-electron chi connectivity index (χ1n) is 10.9. The van der Waals surface area contributed by atoms with Crippen LogP contribution in [0.5, 0.6) is 0 Å². The monoisotopic (exact) mass is 482 g/mol. The maximum Gasteiger partial charge on any atom is 0.265 e. The number of anilines is 1. The van der Waals surface area contributed by atoms with Crippen molar-refractivity contribution in [3.05, 3.63) is 69.2 Å². The highest BCUT2D eigenvalue weighted by Gasteiger charge is 2.26. The average Bonchev–Trinajstić information content (AvgIpc) is 3.18. The van der Waals surface area contributed by atoms with Gasteiger partial charge in [-0.2, -0.15) is 0 Å². The number of hydrogen-bond donors (Lipinski definition) is 1. The summed E-state index contributed by atoms with van der Waals surface area (Å²) in [5, 5.41) is 4.47. The van der Waals surface area contributed by atoms with Crippen molar-refractivity contribution in [2.24, 2.45) is 0 Å². The minimum Gasteiger partial charge on any atom is -0.335 e. The Morgan fingerprint density at radius 3 is 2.36 bits per heavy atom. The molecule has 6 nitrogen and oxygen atoms in total. The Kier molecular flexibility index (Phi) is 7.12. The maximum absolute atomic E-state index is 13.1. The molecule has 0 radical (unpaired) electrons. The van der Waals surface area contributed by atoms with Gasteiger partial charge in [0.1, 0.15) is 9.88 Å². The number of hydrogen-bond acceptors (Lipinski definition) is 5. The van der Waals surface area contributed by atoms with Gasteiger partial charge in [-0.25, -0.2) is 4.98 Å². The topological polar surface area (TPSA) is 65.5 Å². The highest BCUT2D eigenvalue weighted by atomic mass is 35.5. The lowest BCUT2D eigenvalue weighted by Crippen LogP contribution is -2.50. The minimum absolute atomic E-state index is 0.00193. The molecule has 1 fully saturated rings. The van der Waals surface area contributed by atoms with Gasteiger partial charge in [0.2, 0.25) is 5.91 Å². The Bertz CT molecular complexity index is 1160. The van der Waals surface area contributed by atoms with Crippen molar-refractivity contribution in [1.29, 1.82) is 0 Å². The third kappa shape index (κ3) is 5.43. The number of carbonyl (C=O) groups is 2. The van der Waals surface area contributed by atoms with E-state index in [1.54, 1.807) is 0 Å². The van der Waals surface area contributed by atoms with Crippen molar-refractivity contribution < 1.29 is 9.59 Å². The van der Waals surface area contributed by atoms with Gasteiger partial charge in [0, 0.05) is 42.5 Å². The SMILES string of the molecule is Cc1cccc(C)c1NC(=O)CN1CCN(C(=O)c2sc(-c3cccc(Cl)c3)nc2C)CC1. The molecular weight excluding hydrogens is 456 g/mol. The first kappa shape index (κ1) is 23.4. The van der Waals surface area contributed by atoms with Crippen LogP contribution in [0.1, 0.15) is 26.5 Å². The first-order chi connectivity index (χ1) is 15.8. The van der Waals surface area contributed by atoms with Gasteiger partial charge in [0.05, 0.1) is 12.2 Å². The van der Waals surface area contributed by atoms with E-state index in [2.05, 4.69) is 15.2 Å². The summed E-state index contributed by atoms with van der Waals surface area (Å²) in [4.78, 5) is 34.9. The van der Waals surface area contributed by atoms with Crippen LogP contribution in [0.15, 0.2) is 42.5 Å². The summed E-state index contributed by atoms with van der Waals surface area (Å²) >= 11 is 7.50. The lowest BCUT2D eigenvalue weighted by Gasteiger charge is -2.34. The third-order valence-corrected chi connectivity index (χ3v) is 7.26. The van der Waals surface area contributed by atoms with Crippen LogP contribution in [0, 0.1) is 20.8 Å². The number of nitrogens with one attached hydrogen (secondary N) is 1. The lowest BCUT2D eigenvalue weighted by molar-refractivity contribution is -0.117. The van der Waals surface area contributed by atoms with Gasteiger partial charge in [-0.1, -0.05) is 41.9 Å². The molecule has 1 aliphatic heterocycles. The molecule has 0 bridgehead atoms. The number of benzene rings is 2. The highest BCUT2D eigenvalue weighted by molar-refractivity contribution is 7.17. The number of halogens is 1. The zero-order valence-corrected chi connectivity index (χ0v) is 20.6. The van der Waals surface area contributed by atoms with Crippen LogP contribution >= 0.6 is 22.9 Å². The standard InChI is InChI=1S/C25H27ClN4O2S/c1-16-6-4-7-17(2)22(16)28-21(31)15-29-10-12-30(13-11-29)25(32)23-18(3)27-24(33-23)19-8-5-9-20(26)14-19/h4-9,14H,10-13,15H2,1-3H3,(H,28,31). The number of nitrogens with zero attached hydrogens (tertiary/aromatic N) is 3. The normalized spacial score (nSPS) is 14.4. The van der Waals surface area contributed by atoms with Crippen LogP contribution in [0.3, 0.4) is 0 Å². The predicted octanol–water partition coefficient (Wildman–Crippen LogP) is 4.79. The van der Waals surface area contributed by atoms with Crippen molar-refractivity contribution in [3.63, 3.8) is 0 Å². The van der Waals surface area contributed by atoms with Crippen LogP contribution in [0.2, 0.25) is 5.02 Å². The second kappa shape index (κ2) is 10.0. The molecule has 0 unspecified atom stereocenters. The molecule has 1 aromatic heterocycles. The number of thiazole rings is 1. The van der Waals surface area contributed by atoms with Crippen molar-refractivity contribution in [1.82, 2.24) is 14.8 Å². The van der Waals surface area contributed by atoms with E-state index in [9.17, 15) is 9.59 Å². The zero-order valence-electron chi connectivity index (χ0n) is 19.0. The molecule has 0 atom stereocenters. The van der Waals surface area contributed by atoms with Crippen molar-refractivity contribution >= 4 is 40.4 Å². The van der Waals surface area contributed by atoms with Crippen molar-refractivity contribution in [3.8, 4) is 10.6 Å². The van der Waals surface area contributed by atoms with E-state index in [1.807, 2.05) is 68.1 Å². The molecule has 1 N–H and O–H groups in total. The molecule has 172 valence electrons. The third-order valence-electron chi connectivity index (χ3n) is 5.83. The Morgan fingerprint density at radius 2 is 1.70 bits per heavy atom. The number of carbonyl (C=O) groups excluding carboxylic acids is 2. The van der Waals surface area contributed by atoms with Gasteiger partial charge in [0.15, 0.2) is 0 Å². The van der Waals surface area contributed by atoms with Crippen molar-refractivity contribution in [2.45, 2.75) is 20.8 Å². The largest absolute Gasteiger partial charge is 0.335 e. The quantitative estimate of drug-likeness (QED) is 0.568. The van der Waals surface area contributed by atoms with Gasteiger partial charge < -0.3 is 10.2 Å². The molecule has 1 saturated heterocycles. The summed E-state index contributed by atoms with van der Waals surface area (Å²) in [5.41, 5.74) is 4.63. The Morgan fingerprint density at radius 1 is 1.03 bits per heavy atom. The molecule has 0 spiro atoms. The predicted molar refractivity (Wildman–Crippen MR) is 134 cm³/mol. The lowest BCUT2D eigenvalue weighted by atomic mass is 10.1. The summed E-state index contributed by atoms with van der Waals surface area (Å²) in [6.45, 7) is 8.65. The number of aromatic nitrogens is 1. The summed E-state index contributed by atoms with van der Waals surface area (Å²) in [6.07, 6.45) is 0. The molecule has 2 aromatic carbocycles. The molecule has 4 rings (SSSR count). The second-order valence-corrected chi connectivity index (χ2v) is 9.76. The molecule has 2 amide bonds. The van der Waals surface area contributed by atoms with Gasteiger partial charge in [-0.15, -0.1) is 11.3 Å². The number of para-hydroxylation sites is 1. The smallest absolute Gasteiger partial charge is 0.265 e. The molecule has 0 saturated carbocycles. The molecule has 3 aromatic rings. The van der Waals surface area contributed by atoms with Crippen LogP contribution in [0.4, 0.5) is 5.69 Å². The fourth-order valence-electron chi connectivity index (χ4n) is 3.99. The van der Waals surface area contributed by atoms with E-state index < -0.39 is 0 Å². The Balaban J connectivity index is 1.34. The van der Waals surface area contributed by atoms with Gasteiger partial charge >= 0.3 is 0 Å². The highest BCUT2D eigenvalue weighted by Crippen LogP contribution is 2.30. The molecule has 0 aliphatic carbocycles. The average molecular weight is 483 g/mol. The van der Waals surface area contributed by atoms with Crippen LogP contribution in [0.25, 0.3) is 10.6 Å². The zero-order chi connectivity index (χ0) is 23.5. The summed E-state index contributed by atoms with van der Waals surface area (Å²) in [7, 11) is 0.